The standard InChI is InChI=1S/C16H33NO3/c1-15(2,3)17-10-9-16(7-5-8-16)20-14-13-19-12-6-11-18-4/h17H,5-14H2,1-4H3. The van der Waals surface area contributed by atoms with Crippen molar-refractivity contribution < 1.29 is 14.2 Å². The van der Waals surface area contributed by atoms with Crippen molar-refractivity contribution in [3.63, 3.8) is 0 Å². The minimum atomic E-state index is 0.119. The Morgan fingerprint density at radius 1 is 1.05 bits per heavy atom. The molecule has 0 saturated heterocycles. The third-order valence-corrected chi connectivity index (χ3v) is 3.77. The van der Waals surface area contributed by atoms with Crippen LogP contribution in [-0.2, 0) is 14.2 Å². The quantitative estimate of drug-likeness (QED) is 0.593. The monoisotopic (exact) mass is 287 g/mol. The lowest BCUT2D eigenvalue weighted by Gasteiger charge is -2.42. The van der Waals surface area contributed by atoms with Gasteiger partial charge >= 0.3 is 0 Å². The van der Waals surface area contributed by atoms with Gasteiger partial charge in [-0.25, -0.2) is 0 Å². The molecule has 0 aromatic rings. The lowest BCUT2D eigenvalue weighted by molar-refractivity contribution is -0.118. The zero-order chi connectivity index (χ0) is 14.9. The number of methoxy groups -OCH3 is 1. The molecule has 1 saturated carbocycles. The molecule has 0 aromatic heterocycles. The molecule has 1 aliphatic carbocycles. The van der Waals surface area contributed by atoms with E-state index in [0.29, 0.717) is 13.2 Å². The molecule has 0 spiro atoms. The third-order valence-electron chi connectivity index (χ3n) is 3.77. The molecule has 0 radical (unpaired) electrons. The lowest BCUT2D eigenvalue weighted by atomic mass is 9.77. The number of hydrogen-bond acceptors (Lipinski definition) is 4. The molecular formula is C16H33NO3. The second-order valence-electron chi connectivity index (χ2n) is 6.77. The molecule has 1 fully saturated rings. The maximum absolute atomic E-state index is 6.09. The number of rotatable bonds is 11. The Morgan fingerprint density at radius 3 is 2.35 bits per heavy atom. The maximum atomic E-state index is 6.09. The Balaban J connectivity index is 2.06. The fourth-order valence-corrected chi connectivity index (χ4v) is 2.43. The Hall–Kier alpha value is -0.160. The lowest BCUT2D eigenvalue weighted by Crippen LogP contribution is -2.46. The van der Waals surface area contributed by atoms with Crippen LogP contribution in [0.1, 0.15) is 52.9 Å². The van der Waals surface area contributed by atoms with E-state index in [4.69, 9.17) is 14.2 Å². The summed E-state index contributed by atoms with van der Waals surface area (Å²) < 4.78 is 16.6. The van der Waals surface area contributed by atoms with E-state index in [1.165, 1.54) is 19.3 Å². The van der Waals surface area contributed by atoms with Gasteiger partial charge in [0.25, 0.3) is 0 Å². The molecule has 120 valence electrons. The highest BCUT2D eigenvalue weighted by Gasteiger charge is 2.37. The zero-order valence-corrected chi connectivity index (χ0v) is 13.8. The van der Waals surface area contributed by atoms with Crippen LogP contribution in [0.25, 0.3) is 0 Å². The molecule has 0 aliphatic heterocycles. The average Bonchev–Trinajstić information content (AvgIpc) is 2.32. The molecule has 0 aromatic carbocycles. The predicted octanol–water partition coefficient (Wildman–Crippen LogP) is 2.76. The summed E-state index contributed by atoms with van der Waals surface area (Å²) >= 11 is 0. The summed E-state index contributed by atoms with van der Waals surface area (Å²) in [5, 5.41) is 3.55. The van der Waals surface area contributed by atoms with E-state index in [1.54, 1.807) is 7.11 Å². The van der Waals surface area contributed by atoms with Crippen LogP contribution in [0.4, 0.5) is 0 Å². The molecule has 4 nitrogen and oxygen atoms in total. The van der Waals surface area contributed by atoms with Crippen LogP contribution in [-0.4, -0.2) is 51.2 Å². The number of nitrogens with one attached hydrogen (secondary N) is 1. The van der Waals surface area contributed by atoms with Crippen LogP contribution in [0.15, 0.2) is 0 Å². The van der Waals surface area contributed by atoms with E-state index in [9.17, 15) is 0 Å². The van der Waals surface area contributed by atoms with E-state index in [2.05, 4.69) is 26.1 Å². The first-order valence-corrected chi connectivity index (χ1v) is 7.93. The van der Waals surface area contributed by atoms with Crippen molar-refractivity contribution >= 4 is 0 Å². The largest absolute Gasteiger partial charge is 0.385 e. The molecule has 4 heteroatoms. The zero-order valence-electron chi connectivity index (χ0n) is 13.8. The first kappa shape index (κ1) is 17.9. The van der Waals surface area contributed by atoms with Gasteiger partial charge in [0.05, 0.1) is 18.8 Å². The highest BCUT2D eigenvalue weighted by molar-refractivity contribution is 4.91. The van der Waals surface area contributed by atoms with E-state index in [-0.39, 0.29) is 11.1 Å². The highest BCUT2D eigenvalue weighted by atomic mass is 16.5. The molecule has 0 bridgehead atoms. The Kier molecular flexibility index (Phi) is 8.03. The van der Waals surface area contributed by atoms with Crippen molar-refractivity contribution in [2.24, 2.45) is 0 Å². The van der Waals surface area contributed by atoms with Crippen molar-refractivity contribution in [3.8, 4) is 0 Å². The second-order valence-corrected chi connectivity index (χ2v) is 6.77. The van der Waals surface area contributed by atoms with Gasteiger partial charge in [0.15, 0.2) is 0 Å². The second kappa shape index (κ2) is 8.98. The van der Waals surface area contributed by atoms with Gasteiger partial charge < -0.3 is 19.5 Å². The van der Waals surface area contributed by atoms with Gasteiger partial charge in [-0.2, -0.15) is 0 Å². The molecule has 1 N–H and O–H groups in total. The summed E-state index contributed by atoms with van der Waals surface area (Å²) in [4.78, 5) is 0. The molecule has 0 heterocycles. The number of hydrogen-bond donors (Lipinski definition) is 1. The summed E-state index contributed by atoms with van der Waals surface area (Å²) in [5.41, 5.74) is 0.309. The summed E-state index contributed by atoms with van der Waals surface area (Å²) in [7, 11) is 1.72. The van der Waals surface area contributed by atoms with Crippen LogP contribution in [0.5, 0.6) is 0 Å². The van der Waals surface area contributed by atoms with Crippen molar-refractivity contribution in [1.29, 1.82) is 0 Å². The highest BCUT2D eigenvalue weighted by Crippen LogP contribution is 2.38. The van der Waals surface area contributed by atoms with Crippen LogP contribution in [0.2, 0.25) is 0 Å². The van der Waals surface area contributed by atoms with Crippen molar-refractivity contribution in [1.82, 2.24) is 5.32 Å². The van der Waals surface area contributed by atoms with Gasteiger partial charge in [-0.3, -0.25) is 0 Å². The molecule has 1 rings (SSSR count). The number of ether oxygens (including phenoxy) is 3. The smallest absolute Gasteiger partial charge is 0.0708 e. The molecule has 1 aliphatic rings. The molecule has 0 unspecified atom stereocenters. The fraction of sp³-hybridized carbons (Fsp3) is 1.00. The molecule has 20 heavy (non-hydrogen) atoms. The normalized spacial score (nSPS) is 18.0. The summed E-state index contributed by atoms with van der Waals surface area (Å²) in [6, 6.07) is 0. The van der Waals surface area contributed by atoms with E-state index >= 15 is 0 Å². The molecule has 0 atom stereocenters. The minimum Gasteiger partial charge on any atom is -0.385 e. The van der Waals surface area contributed by atoms with Gasteiger partial charge in [-0.05, 0) is 59.4 Å². The van der Waals surface area contributed by atoms with Crippen molar-refractivity contribution in [3.05, 3.63) is 0 Å². The Labute approximate surface area is 124 Å². The van der Waals surface area contributed by atoms with Gasteiger partial charge in [0.2, 0.25) is 0 Å². The van der Waals surface area contributed by atoms with Crippen LogP contribution < -0.4 is 5.32 Å². The summed E-state index contributed by atoms with van der Waals surface area (Å²) in [5.74, 6) is 0. The summed E-state index contributed by atoms with van der Waals surface area (Å²) in [6.45, 7) is 10.6. The van der Waals surface area contributed by atoms with Crippen LogP contribution >= 0.6 is 0 Å². The first-order chi connectivity index (χ1) is 9.47. The van der Waals surface area contributed by atoms with Gasteiger partial charge in [0.1, 0.15) is 0 Å². The van der Waals surface area contributed by atoms with Crippen molar-refractivity contribution in [2.75, 3.05) is 40.1 Å². The van der Waals surface area contributed by atoms with Gasteiger partial charge in [0, 0.05) is 25.9 Å². The average molecular weight is 287 g/mol. The van der Waals surface area contributed by atoms with E-state index in [1.807, 2.05) is 0 Å². The van der Waals surface area contributed by atoms with Gasteiger partial charge in [-0.1, -0.05) is 0 Å². The Bertz CT molecular complexity index is 247. The predicted molar refractivity (Wildman–Crippen MR) is 82.2 cm³/mol. The van der Waals surface area contributed by atoms with Crippen LogP contribution in [0, 0.1) is 0 Å². The topological polar surface area (TPSA) is 39.7 Å². The molecule has 0 amide bonds. The SMILES string of the molecule is COCCCOCCOC1(CCNC(C)(C)C)CCC1. The molecular weight excluding hydrogens is 254 g/mol. The van der Waals surface area contributed by atoms with Crippen LogP contribution in [0.3, 0.4) is 0 Å². The van der Waals surface area contributed by atoms with E-state index < -0.39 is 0 Å². The fourth-order valence-electron chi connectivity index (χ4n) is 2.43. The first-order valence-electron chi connectivity index (χ1n) is 7.93. The van der Waals surface area contributed by atoms with Gasteiger partial charge in [-0.15, -0.1) is 0 Å². The van der Waals surface area contributed by atoms with Crippen molar-refractivity contribution in [2.45, 2.75) is 64.0 Å². The Morgan fingerprint density at radius 2 is 1.80 bits per heavy atom. The maximum Gasteiger partial charge on any atom is 0.0708 e. The minimum absolute atomic E-state index is 0.119. The summed E-state index contributed by atoms with van der Waals surface area (Å²) in [6.07, 6.45) is 5.75. The third kappa shape index (κ3) is 7.58. The van der Waals surface area contributed by atoms with E-state index in [0.717, 1.165) is 32.6 Å².